The van der Waals surface area contributed by atoms with E-state index in [2.05, 4.69) is 34.6 Å². The van der Waals surface area contributed by atoms with Crippen LogP contribution in [0.2, 0.25) is 0 Å². The molecule has 1 atom stereocenters. The maximum Gasteiger partial charge on any atom is 0.272 e. The van der Waals surface area contributed by atoms with Crippen LogP contribution in [0.4, 0.5) is 5.69 Å². The van der Waals surface area contributed by atoms with Crippen molar-refractivity contribution in [3.8, 4) is 0 Å². The number of hydrogen-bond donors (Lipinski definition) is 3. The number of anilines is 1. The van der Waals surface area contributed by atoms with Gasteiger partial charge >= 0.3 is 0 Å². The zero-order valence-electron chi connectivity index (χ0n) is 13.6. The van der Waals surface area contributed by atoms with Crippen molar-refractivity contribution in [2.75, 3.05) is 5.43 Å². The number of hydrogen-bond acceptors (Lipinski definition) is 5. The number of rotatable bonds is 7. The third-order valence-electron chi connectivity index (χ3n) is 3.25. The van der Waals surface area contributed by atoms with Gasteiger partial charge in [-0.3, -0.25) is 10.6 Å². The minimum Gasteiger partial charge on any atom is -0.348 e. The lowest BCUT2D eigenvalue weighted by Gasteiger charge is -2.16. The van der Waals surface area contributed by atoms with E-state index in [0.29, 0.717) is 23.1 Å². The maximum atomic E-state index is 12.4. The van der Waals surface area contributed by atoms with E-state index in [9.17, 15) is 4.79 Å². The van der Waals surface area contributed by atoms with Crippen molar-refractivity contribution < 1.29 is 4.79 Å². The SMILES string of the molecule is CC(C)CCC(C)NC(=O)c1nc(C(C)C)ncc1NN. The van der Waals surface area contributed by atoms with Crippen molar-refractivity contribution in [3.05, 3.63) is 17.7 Å². The number of hydrazine groups is 1. The molecule has 0 aliphatic carbocycles. The average molecular weight is 293 g/mol. The molecule has 0 spiro atoms. The minimum atomic E-state index is -0.219. The zero-order chi connectivity index (χ0) is 16.0. The van der Waals surface area contributed by atoms with E-state index in [4.69, 9.17) is 5.84 Å². The molecule has 0 radical (unpaired) electrons. The number of carbonyl (C=O) groups excluding carboxylic acids is 1. The summed E-state index contributed by atoms with van der Waals surface area (Å²) in [5.41, 5.74) is 3.22. The molecule has 1 aromatic rings. The summed E-state index contributed by atoms with van der Waals surface area (Å²) < 4.78 is 0. The standard InChI is InChI=1S/C15H27N5O/c1-9(2)6-7-11(5)18-15(21)13-12(20-16)8-17-14(19-13)10(3)4/h8-11,20H,6-7,16H2,1-5H3,(H,18,21). The van der Waals surface area contributed by atoms with Gasteiger partial charge in [0.15, 0.2) is 5.69 Å². The van der Waals surface area contributed by atoms with Crippen LogP contribution in [0.25, 0.3) is 0 Å². The summed E-state index contributed by atoms with van der Waals surface area (Å²) in [4.78, 5) is 20.9. The maximum absolute atomic E-state index is 12.4. The topological polar surface area (TPSA) is 92.9 Å². The zero-order valence-corrected chi connectivity index (χ0v) is 13.6. The first-order chi connectivity index (χ1) is 9.85. The fraction of sp³-hybridized carbons (Fsp3) is 0.667. The van der Waals surface area contributed by atoms with Gasteiger partial charge < -0.3 is 10.7 Å². The van der Waals surface area contributed by atoms with Crippen molar-refractivity contribution in [2.24, 2.45) is 11.8 Å². The molecule has 21 heavy (non-hydrogen) atoms. The molecule has 6 heteroatoms. The molecule has 1 unspecified atom stereocenters. The molecule has 118 valence electrons. The summed E-state index contributed by atoms with van der Waals surface area (Å²) in [5.74, 6) is 6.62. The van der Waals surface area contributed by atoms with E-state index in [0.717, 1.165) is 12.8 Å². The lowest BCUT2D eigenvalue weighted by Crippen LogP contribution is -2.34. The fourth-order valence-corrected chi connectivity index (χ4v) is 1.90. The number of amides is 1. The van der Waals surface area contributed by atoms with Gasteiger partial charge in [-0.05, 0) is 25.7 Å². The second-order valence-electron chi connectivity index (χ2n) is 6.14. The molecule has 0 fully saturated rings. The molecule has 0 bridgehead atoms. The minimum absolute atomic E-state index is 0.1000. The van der Waals surface area contributed by atoms with Gasteiger partial charge in [-0.2, -0.15) is 0 Å². The highest BCUT2D eigenvalue weighted by molar-refractivity contribution is 5.97. The Hall–Kier alpha value is -1.69. The van der Waals surface area contributed by atoms with Crippen molar-refractivity contribution >= 4 is 11.6 Å². The Kier molecular flexibility index (Phi) is 6.55. The number of carbonyl (C=O) groups is 1. The van der Waals surface area contributed by atoms with Gasteiger partial charge in [0.25, 0.3) is 5.91 Å². The van der Waals surface area contributed by atoms with Crippen molar-refractivity contribution in [1.82, 2.24) is 15.3 Å². The van der Waals surface area contributed by atoms with Crippen LogP contribution in [0, 0.1) is 5.92 Å². The van der Waals surface area contributed by atoms with Crippen LogP contribution in [0.1, 0.15) is 69.7 Å². The first kappa shape index (κ1) is 17.4. The van der Waals surface area contributed by atoms with Crippen LogP contribution in [0.15, 0.2) is 6.20 Å². The largest absolute Gasteiger partial charge is 0.348 e. The first-order valence-corrected chi connectivity index (χ1v) is 7.49. The normalized spacial score (nSPS) is 12.6. The second-order valence-corrected chi connectivity index (χ2v) is 6.14. The van der Waals surface area contributed by atoms with Crippen LogP contribution in [-0.4, -0.2) is 21.9 Å². The van der Waals surface area contributed by atoms with E-state index < -0.39 is 0 Å². The van der Waals surface area contributed by atoms with Crippen LogP contribution in [-0.2, 0) is 0 Å². The van der Waals surface area contributed by atoms with Crippen molar-refractivity contribution in [3.63, 3.8) is 0 Å². The van der Waals surface area contributed by atoms with Crippen LogP contribution in [0.5, 0.6) is 0 Å². The van der Waals surface area contributed by atoms with Gasteiger partial charge in [0.2, 0.25) is 0 Å². The number of nitrogens with two attached hydrogens (primary N) is 1. The smallest absolute Gasteiger partial charge is 0.272 e. The summed E-state index contributed by atoms with van der Waals surface area (Å²) in [6.07, 6.45) is 3.57. The van der Waals surface area contributed by atoms with Crippen molar-refractivity contribution in [2.45, 2.75) is 59.4 Å². The lowest BCUT2D eigenvalue weighted by molar-refractivity contribution is 0.0932. The Bertz CT molecular complexity index is 473. The second kappa shape index (κ2) is 7.93. The Morgan fingerprint density at radius 2 is 1.90 bits per heavy atom. The van der Waals surface area contributed by atoms with E-state index >= 15 is 0 Å². The molecule has 6 nitrogen and oxygen atoms in total. The molecule has 4 N–H and O–H groups in total. The highest BCUT2D eigenvalue weighted by Gasteiger charge is 2.18. The molecular formula is C15H27N5O. The summed E-state index contributed by atoms with van der Waals surface area (Å²) >= 11 is 0. The summed E-state index contributed by atoms with van der Waals surface area (Å²) in [6.45, 7) is 10.3. The summed E-state index contributed by atoms with van der Waals surface area (Å²) in [7, 11) is 0. The number of nitrogens with one attached hydrogen (secondary N) is 2. The lowest BCUT2D eigenvalue weighted by atomic mass is 10.0. The average Bonchev–Trinajstić information content (AvgIpc) is 2.44. The van der Waals surface area contributed by atoms with Crippen LogP contribution in [0.3, 0.4) is 0 Å². The van der Waals surface area contributed by atoms with Gasteiger partial charge in [-0.25, -0.2) is 9.97 Å². The third kappa shape index (κ3) is 5.30. The third-order valence-corrected chi connectivity index (χ3v) is 3.25. The molecule has 1 amide bonds. The van der Waals surface area contributed by atoms with Crippen LogP contribution < -0.4 is 16.6 Å². The molecule has 0 saturated heterocycles. The molecule has 0 aromatic carbocycles. The quantitative estimate of drug-likeness (QED) is 0.530. The number of nitrogen functional groups attached to an aromatic ring is 1. The van der Waals surface area contributed by atoms with Gasteiger partial charge in [0, 0.05) is 12.0 Å². The van der Waals surface area contributed by atoms with E-state index in [1.807, 2.05) is 20.8 Å². The molecular weight excluding hydrogens is 266 g/mol. The Labute approximate surface area is 126 Å². The van der Waals surface area contributed by atoms with E-state index in [-0.39, 0.29) is 17.9 Å². The molecule has 0 aliphatic heterocycles. The van der Waals surface area contributed by atoms with Gasteiger partial charge in [-0.1, -0.05) is 27.7 Å². The van der Waals surface area contributed by atoms with Gasteiger partial charge in [0.05, 0.1) is 11.9 Å². The van der Waals surface area contributed by atoms with E-state index in [1.54, 1.807) is 6.20 Å². The Balaban J connectivity index is 2.82. The Morgan fingerprint density at radius 3 is 2.43 bits per heavy atom. The summed E-state index contributed by atoms with van der Waals surface area (Å²) in [6, 6.07) is 0.1000. The highest BCUT2D eigenvalue weighted by atomic mass is 16.2. The molecule has 0 saturated carbocycles. The van der Waals surface area contributed by atoms with Gasteiger partial charge in [-0.15, -0.1) is 0 Å². The van der Waals surface area contributed by atoms with Crippen LogP contribution >= 0.6 is 0 Å². The van der Waals surface area contributed by atoms with E-state index in [1.165, 1.54) is 0 Å². The molecule has 1 rings (SSSR count). The van der Waals surface area contributed by atoms with Gasteiger partial charge in [0.1, 0.15) is 5.82 Å². The first-order valence-electron chi connectivity index (χ1n) is 7.49. The number of nitrogens with zero attached hydrogens (tertiary/aromatic N) is 2. The monoisotopic (exact) mass is 293 g/mol. The molecule has 1 aromatic heterocycles. The van der Waals surface area contributed by atoms with Crippen molar-refractivity contribution in [1.29, 1.82) is 0 Å². The molecule has 1 heterocycles. The summed E-state index contributed by atoms with van der Waals surface area (Å²) in [5, 5.41) is 2.97. The fourth-order valence-electron chi connectivity index (χ4n) is 1.90. The Morgan fingerprint density at radius 1 is 1.24 bits per heavy atom. The molecule has 0 aliphatic rings. The predicted octanol–water partition coefficient (Wildman–Crippen LogP) is 2.44. The predicted molar refractivity (Wildman–Crippen MR) is 84.9 cm³/mol. The highest BCUT2D eigenvalue weighted by Crippen LogP contribution is 2.16. The number of aromatic nitrogens is 2.